The molecule has 3 rings (SSSR count). The van der Waals surface area contributed by atoms with Crippen molar-refractivity contribution in [3.63, 3.8) is 0 Å². The highest BCUT2D eigenvalue weighted by Crippen LogP contribution is 2.32. The molecule has 1 atom stereocenters. The summed E-state index contributed by atoms with van der Waals surface area (Å²) in [6, 6.07) is 5.04. The Morgan fingerprint density at radius 1 is 1.07 bits per heavy atom. The lowest BCUT2D eigenvalue weighted by Crippen LogP contribution is -2.45. The minimum atomic E-state index is -0.494. The normalized spacial score (nSPS) is 16.6. The van der Waals surface area contributed by atoms with Crippen molar-refractivity contribution in [2.24, 2.45) is 5.92 Å². The first-order chi connectivity index (χ1) is 22.0. The second-order valence-corrected chi connectivity index (χ2v) is 13.0. The Morgan fingerprint density at radius 3 is 2.28 bits per heavy atom. The third kappa shape index (κ3) is 12.7. The minimum absolute atomic E-state index is 0.153. The van der Waals surface area contributed by atoms with E-state index in [1.807, 2.05) is 58.0 Å². The van der Waals surface area contributed by atoms with Gasteiger partial charge in [0.25, 0.3) is 0 Å². The predicted molar refractivity (Wildman–Crippen MR) is 182 cm³/mol. The summed E-state index contributed by atoms with van der Waals surface area (Å²) in [6.07, 6.45) is 6.84. The SMILES string of the molecule is CN(C=O)c1c(C#CCOC2CCN(CC3CCN(C(=O)OC(C)(C)C)CC3)CC2)cccc1N(C)C(C=O)CCC=O.CNC. The maximum atomic E-state index is 12.3. The predicted octanol–water partition coefficient (Wildman–Crippen LogP) is 3.58. The van der Waals surface area contributed by atoms with Crippen molar-refractivity contribution < 1.29 is 28.7 Å². The topological polar surface area (TPSA) is 112 Å². The van der Waals surface area contributed by atoms with E-state index < -0.39 is 11.6 Å². The molecule has 1 aromatic rings. The number of piperidine rings is 2. The Labute approximate surface area is 275 Å². The van der Waals surface area contributed by atoms with Crippen LogP contribution in [0.2, 0.25) is 0 Å². The van der Waals surface area contributed by atoms with E-state index in [0.29, 0.717) is 35.7 Å². The van der Waals surface area contributed by atoms with Gasteiger partial charge in [-0.15, -0.1) is 0 Å². The molecule has 2 fully saturated rings. The van der Waals surface area contributed by atoms with Crippen LogP contribution in [0.25, 0.3) is 0 Å². The van der Waals surface area contributed by atoms with E-state index in [9.17, 15) is 19.2 Å². The lowest BCUT2D eigenvalue weighted by Gasteiger charge is -2.37. The lowest BCUT2D eigenvalue weighted by molar-refractivity contribution is -0.110. The molecule has 256 valence electrons. The van der Waals surface area contributed by atoms with Crippen LogP contribution in [0.3, 0.4) is 0 Å². The fourth-order valence-corrected chi connectivity index (χ4v) is 5.65. The molecule has 1 N–H and O–H groups in total. The van der Waals surface area contributed by atoms with Crippen molar-refractivity contribution in [3.8, 4) is 11.8 Å². The van der Waals surface area contributed by atoms with Gasteiger partial charge in [-0.3, -0.25) is 4.79 Å². The molecule has 0 aliphatic carbocycles. The fraction of sp³-hybridized carbons (Fsp3) is 0.657. The van der Waals surface area contributed by atoms with Crippen LogP contribution in [0, 0.1) is 17.8 Å². The monoisotopic (exact) mass is 641 g/mol. The number of hydrogen-bond acceptors (Lipinski definition) is 9. The number of nitrogens with one attached hydrogen (secondary N) is 1. The summed E-state index contributed by atoms with van der Waals surface area (Å²) in [5, 5.41) is 2.75. The number of anilines is 2. The molecule has 11 nitrogen and oxygen atoms in total. The van der Waals surface area contributed by atoms with E-state index in [2.05, 4.69) is 22.1 Å². The summed E-state index contributed by atoms with van der Waals surface area (Å²) in [5.74, 6) is 6.85. The Hall–Kier alpha value is -3.46. The van der Waals surface area contributed by atoms with Crippen molar-refractivity contribution in [2.45, 2.75) is 77.0 Å². The summed E-state index contributed by atoms with van der Waals surface area (Å²) >= 11 is 0. The van der Waals surface area contributed by atoms with Crippen molar-refractivity contribution in [1.82, 2.24) is 15.1 Å². The number of likely N-dealkylation sites (N-methyl/N-ethyl adjacent to an activating group) is 1. The quantitative estimate of drug-likeness (QED) is 0.271. The molecule has 0 radical (unpaired) electrons. The Bertz CT molecular complexity index is 1160. The van der Waals surface area contributed by atoms with Crippen LogP contribution in [0.5, 0.6) is 0 Å². The first-order valence-electron chi connectivity index (χ1n) is 16.3. The van der Waals surface area contributed by atoms with Gasteiger partial charge in [-0.2, -0.15) is 0 Å². The molecule has 11 heteroatoms. The fourth-order valence-electron chi connectivity index (χ4n) is 5.65. The summed E-state index contributed by atoms with van der Waals surface area (Å²) < 4.78 is 11.6. The number of nitrogens with zero attached hydrogens (tertiary/aromatic N) is 4. The number of likely N-dealkylation sites (tertiary alicyclic amines) is 2. The molecule has 1 aromatic carbocycles. The minimum Gasteiger partial charge on any atom is -0.444 e. The van der Waals surface area contributed by atoms with E-state index >= 15 is 0 Å². The standard InChI is InChI=1S/C33H48N4O6.C2H7N/c1-33(2,3)43-32(41)37-19-13-26(14-20-37)23-36-17-15-29(16-18-36)42-22-8-10-27-9-6-12-30(31(27)34(4)25-40)35(5)28(24-39)11-7-21-38;1-3-2/h6,9,12,21,24-26,28-29H,7,11,13-20,22-23H2,1-5H3;3H,1-2H3. The Morgan fingerprint density at radius 2 is 1.72 bits per heavy atom. The molecule has 0 bridgehead atoms. The van der Waals surface area contributed by atoms with Gasteiger partial charge in [0, 0.05) is 53.2 Å². The Kier molecular flexibility index (Phi) is 16.8. The highest BCUT2D eigenvalue weighted by atomic mass is 16.6. The second-order valence-electron chi connectivity index (χ2n) is 13.0. The van der Waals surface area contributed by atoms with Gasteiger partial charge in [-0.1, -0.05) is 17.9 Å². The van der Waals surface area contributed by atoms with E-state index in [-0.39, 0.29) is 25.2 Å². The third-order valence-corrected chi connectivity index (χ3v) is 8.07. The van der Waals surface area contributed by atoms with Crippen LogP contribution in [-0.2, 0) is 23.9 Å². The number of carbonyl (C=O) groups excluding carboxylic acids is 4. The molecule has 1 unspecified atom stereocenters. The molecular weight excluding hydrogens is 586 g/mol. The zero-order valence-corrected chi connectivity index (χ0v) is 28.9. The van der Waals surface area contributed by atoms with E-state index in [4.69, 9.17) is 9.47 Å². The van der Waals surface area contributed by atoms with Gasteiger partial charge in [-0.05, 0) is 85.0 Å². The first kappa shape index (κ1) is 38.7. The maximum Gasteiger partial charge on any atom is 0.410 e. The third-order valence-electron chi connectivity index (χ3n) is 8.07. The van der Waals surface area contributed by atoms with Gasteiger partial charge in [0.15, 0.2) is 0 Å². The zero-order valence-electron chi connectivity index (χ0n) is 28.9. The van der Waals surface area contributed by atoms with Crippen molar-refractivity contribution in [3.05, 3.63) is 23.8 Å². The zero-order chi connectivity index (χ0) is 34.1. The van der Waals surface area contributed by atoms with Gasteiger partial charge < -0.3 is 44.0 Å². The molecule has 2 amide bonds. The summed E-state index contributed by atoms with van der Waals surface area (Å²) in [7, 11) is 7.18. The molecular formula is C35H55N5O6. The van der Waals surface area contributed by atoms with Crippen LogP contribution < -0.4 is 15.1 Å². The van der Waals surface area contributed by atoms with Gasteiger partial charge in [0.1, 0.15) is 24.8 Å². The Balaban J connectivity index is 0.00000236. The van der Waals surface area contributed by atoms with E-state index in [1.165, 1.54) is 4.90 Å². The van der Waals surface area contributed by atoms with E-state index in [1.54, 1.807) is 19.0 Å². The van der Waals surface area contributed by atoms with Crippen LogP contribution in [-0.4, -0.2) is 120 Å². The molecule has 2 saturated heterocycles. The number of rotatable bonds is 12. The second kappa shape index (κ2) is 19.9. The molecule has 2 aliphatic rings. The average Bonchev–Trinajstić information content (AvgIpc) is 3.03. The van der Waals surface area contributed by atoms with Crippen molar-refractivity contribution >= 4 is 36.5 Å². The molecule has 2 aliphatic heterocycles. The largest absolute Gasteiger partial charge is 0.444 e. The number of hydrogen-bond donors (Lipinski definition) is 1. The molecule has 46 heavy (non-hydrogen) atoms. The van der Waals surface area contributed by atoms with Gasteiger partial charge >= 0.3 is 6.09 Å². The van der Waals surface area contributed by atoms with Gasteiger partial charge in [0.2, 0.25) is 6.41 Å². The average molecular weight is 642 g/mol. The maximum absolute atomic E-state index is 12.3. The highest BCUT2D eigenvalue weighted by molar-refractivity contribution is 5.88. The van der Waals surface area contributed by atoms with Crippen LogP contribution in [0.15, 0.2) is 18.2 Å². The van der Waals surface area contributed by atoms with E-state index in [0.717, 1.165) is 71.0 Å². The lowest BCUT2D eigenvalue weighted by atomic mass is 9.95. The molecule has 0 saturated carbocycles. The van der Waals surface area contributed by atoms with Crippen LogP contribution >= 0.6 is 0 Å². The number of benzene rings is 1. The summed E-state index contributed by atoms with van der Waals surface area (Å²) in [6.45, 7) is 10.5. The van der Waals surface area contributed by atoms with Gasteiger partial charge in [0.05, 0.1) is 29.1 Å². The smallest absolute Gasteiger partial charge is 0.410 e. The number of carbonyl (C=O) groups is 4. The van der Waals surface area contributed by atoms with Gasteiger partial charge in [-0.25, -0.2) is 4.79 Å². The molecule has 2 heterocycles. The summed E-state index contributed by atoms with van der Waals surface area (Å²) in [5.41, 5.74) is 1.49. The number of ether oxygens (including phenoxy) is 2. The number of aldehydes is 2. The van der Waals surface area contributed by atoms with Crippen molar-refractivity contribution in [1.29, 1.82) is 0 Å². The van der Waals surface area contributed by atoms with Crippen LogP contribution in [0.4, 0.5) is 16.2 Å². The molecule has 0 spiro atoms. The van der Waals surface area contributed by atoms with Crippen molar-refractivity contribution in [2.75, 3.05) is 77.3 Å². The number of para-hydroxylation sites is 1. The van der Waals surface area contributed by atoms with Crippen LogP contribution in [0.1, 0.15) is 64.9 Å². The summed E-state index contributed by atoms with van der Waals surface area (Å²) in [4.78, 5) is 54.2. The molecule has 0 aromatic heterocycles. The number of amides is 2. The first-order valence-corrected chi connectivity index (χ1v) is 16.3. The highest BCUT2D eigenvalue weighted by Gasteiger charge is 2.29.